The third kappa shape index (κ3) is 3.00. The molecule has 0 aromatic carbocycles. The lowest BCUT2D eigenvalue weighted by Crippen LogP contribution is -2.35. The number of nitrogens with zero attached hydrogens (tertiary/aromatic N) is 3. The Morgan fingerprint density at radius 1 is 1.60 bits per heavy atom. The minimum absolute atomic E-state index is 0.127. The molecule has 2 rings (SSSR count). The summed E-state index contributed by atoms with van der Waals surface area (Å²) >= 11 is 0. The summed E-state index contributed by atoms with van der Waals surface area (Å²) in [6, 6.07) is 0.427. The van der Waals surface area contributed by atoms with E-state index in [1.165, 1.54) is 0 Å². The van der Waals surface area contributed by atoms with Gasteiger partial charge >= 0.3 is 0 Å². The van der Waals surface area contributed by atoms with Crippen molar-refractivity contribution in [2.75, 3.05) is 0 Å². The van der Waals surface area contributed by atoms with Gasteiger partial charge in [-0.3, -0.25) is 4.68 Å². The molecular weight excluding hydrogens is 192 g/mol. The number of hydrogen-bond acceptors (Lipinski definition) is 4. The maximum atomic E-state index is 9.51. The van der Waals surface area contributed by atoms with E-state index in [4.69, 9.17) is 0 Å². The van der Waals surface area contributed by atoms with E-state index in [0.29, 0.717) is 6.04 Å². The molecule has 2 N–H and O–H groups in total. The van der Waals surface area contributed by atoms with Gasteiger partial charge in [0.15, 0.2) is 0 Å². The van der Waals surface area contributed by atoms with Gasteiger partial charge < -0.3 is 10.4 Å². The Balaban J connectivity index is 1.77. The molecule has 0 saturated heterocycles. The monoisotopic (exact) mass is 210 g/mol. The van der Waals surface area contributed by atoms with Gasteiger partial charge in [-0.15, -0.1) is 5.10 Å². The molecule has 1 aromatic heterocycles. The first-order valence-corrected chi connectivity index (χ1v) is 5.50. The number of aliphatic hydroxyl groups excluding tert-OH is 1. The minimum Gasteiger partial charge on any atom is -0.393 e. The Hall–Kier alpha value is -0.940. The van der Waals surface area contributed by atoms with Crippen LogP contribution in [0.25, 0.3) is 0 Å². The lowest BCUT2D eigenvalue weighted by Gasteiger charge is -2.26. The van der Waals surface area contributed by atoms with Crippen molar-refractivity contribution in [2.45, 2.75) is 44.4 Å². The van der Waals surface area contributed by atoms with E-state index >= 15 is 0 Å². The summed E-state index contributed by atoms with van der Waals surface area (Å²) in [7, 11) is 1.86. The van der Waals surface area contributed by atoms with Crippen LogP contribution in [0, 0.1) is 0 Å². The molecule has 2 unspecified atom stereocenters. The number of aryl methyl sites for hydroxylation is 1. The minimum atomic E-state index is -0.127. The van der Waals surface area contributed by atoms with Crippen LogP contribution in [-0.4, -0.2) is 32.2 Å². The molecule has 0 spiro atoms. The SMILES string of the molecule is Cn1cc(CNC2CCCC(O)C2)nn1. The molecule has 0 amide bonds. The average molecular weight is 210 g/mol. The first-order chi connectivity index (χ1) is 7.24. The maximum Gasteiger partial charge on any atom is 0.0964 e. The zero-order valence-corrected chi connectivity index (χ0v) is 9.06. The average Bonchev–Trinajstić information content (AvgIpc) is 2.62. The molecule has 5 heteroatoms. The number of rotatable bonds is 3. The van der Waals surface area contributed by atoms with Crippen LogP contribution in [0.2, 0.25) is 0 Å². The molecule has 1 aromatic rings. The number of nitrogens with one attached hydrogen (secondary N) is 1. The zero-order valence-electron chi connectivity index (χ0n) is 9.06. The summed E-state index contributed by atoms with van der Waals surface area (Å²) in [6.45, 7) is 0.741. The van der Waals surface area contributed by atoms with Gasteiger partial charge in [0.25, 0.3) is 0 Å². The standard InChI is InChI=1S/C10H18N4O/c1-14-7-9(12-13-14)6-11-8-3-2-4-10(15)5-8/h7-8,10-11,15H,2-6H2,1H3. The molecule has 1 fully saturated rings. The molecule has 5 nitrogen and oxygen atoms in total. The Labute approximate surface area is 89.5 Å². The first-order valence-electron chi connectivity index (χ1n) is 5.50. The first kappa shape index (κ1) is 10.6. The lowest BCUT2D eigenvalue weighted by atomic mass is 9.93. The molecule has 0 radical (unpaired) electrons. The van der Waals surface area contributed by atoms with Crippen molar-refractivity contribution in [3.05, 3.63) is 11.9 Å². The van der Waals surface area contributed by atoms with Crippen LogP contribution >= 0.6 is 0 Å². The van der Waals surface area contributed by atoms with Gasteiger partial charge in [0.2, 0.25) is 0 Å². The summed E-state index contributed by atoms with van der Waals surface area (Å²) in [4.78, 5) is 0. The van der Waals surface area contributed by atoms with E-state index in [1.54, 1.807) is 4.68 Å². The molecule has 84 valence electrons. The van der Waals surface area contributed by atoms with Gasteiger partial charge in [0.1, 0.15) is 0 Å². The highest BCUT2D eigenvalue weighted by Crippen LogP contribution is 2.18. The van der Waals surface area contributed by atoms with E-state index in [0.717, 1.165) is 37.9 Å². The van der Waals surface area contributed by atoms with Crippen molar-refractivity contribution < 1.29 is 5.11 Å². The van der Waals surface area contributed by atoms with Crippen molar-refractivity contribution in [2.24, 2.45) is 7.05 Å². The topological polar surface area (TPSA) is 63.0 Å². The van der Waals surface area contributed by atoms with Crippen molar-refractivity contribution >= 4 is 0 Å². The molecule has 1 saturated carbocycles. The second-order valence-corrected chi connectivity index (χ2v) is 4.28. The molecule has 1 aliphatic carbocycles. The third-order valence-corrected chi connectivity index (χ3v) is 2.87. The van der Waals surface area contributed by atoms with Gasteiger partial charge in [-0.2, -0.15) is 0 Å². The van der Waals surface area contributed by atoms with Crippen molar-refractivity contribution in [3.8, 4) is 0 Å². The highest BCUT2D eigenvalue weighted by molar-refractivity contribution is 4.92. The van der Waals surface area contributed by atoms with Crippen LogP contribution < -0.4 is 5.32 Å². The summed E-state index contributed by atoms with van der Waals surface area (Å²) < 4.78 is 1.70. The van der Waals surface area contributed by atoms with Gasteiger partial charge in [0, 0.05) is 25.8 Å². The van der Waals surface area contributed by atoms with E-state index in [9.17, 15) is 5.11 Å². The molecule has 1 aliphatic rings. The summed E-state index contributed by atoms with van der Waals surface area (Å²) in [5.74, 6) is 0. The number of aliphatic hydroxyl groups is 1. The fourth-order valence-corrected chi connectivity index (χ4v) is 2.07. The Morgan fingerprint density at radius 2 is 2.47 bits per heavy atom. The quantitative estimate of drug-likeness (QED) is 0.748. The summed E-state index contributed by atoms with van der Waals surface area (Å²) in [5, 5.41) is 20.8. The van der Waals surface area contributed by atoms with Gasteiger partial charge in [-0.05, 0) is 25.7 Å². The summed E-state index contributed by atoms with van der Waals surface area (Å²) in [6.07, 6.45) is 5.85. The Kier molecular flexibility index (Phi) is 3.33. The zero-order chi connectivity index (χ0) is 10.7. The second-order valence-electron chi connectivity index (χ2n) is 4.28. The van der Waals surface area contributed by atoms with Crippen LogP contribution in [0.1, 0.15) is 31.4 Å². The molecule has 1 heterocycles. The number of hydrogen-bond donors (Lipinski definition) is 2. The smallest absolute Gasteiger partial charge is 0.0964 e. The van der Waals surface area contributed by atoms with Crippen molar-refractivity contribution in [3.63, 3.8) is 0 Å². The van der Waals surface area contributed by atoms with Gasteiger partial charge in [-0.1, -0.05) is 5.21 Å². The van der Waals surface area contributed by atoms with Crippen LogP contribution in [0.15, 0.2) is 6.20 Å². The summed E-state index contributed by atoms with van der Waals surface area (Å²) in [5.41, 5.74) is 0.956. The third-order valence-electron chi connectivity index (χ3n) is 2.87. The van der Waals surface area contributed by atoms with Crippen molar-refractivity contribution in [1.82, 2.24) is 20.3 Å². The Morgan fingerprint density at radius 3 is 3.13 bits per heavy atom. The van der Waals surface area contributed by atoms with Crippen LogP contribution in [0.3, 0.4) is 0 Å². The predicted octanol–water partition coefficient (Wildman–Crippen LogP) is 0.208. The molecule has 15 heavy (non-hydrogen) atoms. The van der Waals surface area contributed by atoms with Crippen LogP contribution in [-0.2, 0) is 13.6 Å². The molecular formula is C10H18N4O. The molecule has 2 atom stereocenters. The fourth-order valence-electron chi connectivity index (χ4n) is 2.07. The van der Waals surface area contributed by atoms with Crippen LogP contribution in [0.4, 0.5) is 0 Å². The van der Waals surface area contributed by atoms with E-state index < -0.39 is 0 Å². The van der Waals surface area contributed by atoms with E-state index in [2.05, 4.69) is 15.6 Å². The lowest BCUT2D eigenvalue weighted by molar-refractivity contribution is 0.111. The highest BCUT2D eigenvalue weighted by atomic mass is 16.3. The molecule has 0 bridgehead atoms. The normalized spacial score (nSPS) is 26.8. The van der Waals surface area contributed by atoms with E-state index in [-0.39, 0.29) is 6.10 Å². The fraction of sp³-hybridized carbons (Fsp3) is 0.800. The largest absolute Gasteiger partial charge is 0.393 e. The highest BCUT2D eigenvalue weighted by Gasteiger charge is 2.19. The van der Waals surface area contributed by atoms with E-state index in [1.807, 2.05) is 13.2 Å². The second kappa shape index (κ2) is 4.72. The molecule has 0 aliphatic heterocycles. The Bertz CT molecular complexity index is 312. The number of aromatic nitrogens is 3. The van der Waals surface area contributed by atoms with Gasteiger partial charge in [-0.25, -0.2) is 0 Å². The van der Waals surface area contributed by atoms with Crippen LogP contribution in [0.5, 0.6) is 0 Å². The maximum absolute atomic E-state index is 9.51. The predicted molar refractivity (Wildman–Crippen MR) is 56.1 cm³/mol. The van der Waals surface area contributed by atoms with Crippen molar-refractivity contribution in [1.29, 1.82) is 0 Å². The van der Waals surface area contributed by atoms with Gasteiger partial charge in [0.05, 0.1) is 11.8 Å².